The highest BCUT2D eigenvalue weighted by Gasteiger charge is 2.30. The van der Waals surface area contributed by atoms with E-state index in [0.29, 0.717) is 17.3 Å². The molecule has 4 rings (SSSR count). The number of benzene rings is 1. The summed E-state index contributed by atoms with van der Waals surface area (Å²) >= 11 is 0. The van der Waals surface area contributed by atoms with Crippen molar-refractivity contribution in [2.45, 2.75) is 58.0 Å². The standard InChI is InChI=1S/C21H24F3N5/c1-14-13-19(26-17-11-9-16(10-12-17)21(22,23)24)29-20(25-14)27-18(28-29)6-4-2-3-5-15-7-8-15/h9-13,15,26H,2-8H2,1H3. The van der Waals surface area contributed by atoms with E-state index in [2.05, 4.69) is 20.4 Å². The number of nitrogens with one attached hydrogen (secondary N) is 1. The summed E-state index contributed by atoms with van der Waals surface area (Å²) < 4.78 is 39.9. The third-order valence-electron chi connectivity index (χ3n) is 5.18. The molecule has 0 spiro atoms. The molecular weight excluding hydrogens is 379 g/mol. The van der Waals surface area contributed by atoms with Crippen LogP contribution in [0.2, 0.25) is 0 Å². The number of nitrogens with zero attached hydrogens (tertiary/aromatic N) is 4. The minimum absolute atomic E-state index is 0.493. The second kappa shape index (κ2) is 8.00. The highest BCUT2D eigenvalue weighted by molar-refractivity contribution is 5.59. The summed E-state index contributed by atoms with van der Waals surface area (Å²) in [6.07, 6.45) is 4.06. The lowest BCUT2D eigenvalue weighted by Gasteiger charge is -2.10. The molecule has 0 saturated heterocycles. The molecule has 1 aliphatic carbocycles. The Morgan fingerprint density at radius 2 is 1.83 bits per heavy atom. The number of hydrogen-bond donors (Lipinski definition) is 1. The number of fused-ring (bicyclic) bond motifs is 1. The van der Waals surface area contributed by atoms with Crippen LogP contribution < -0.4 is 5.32 Å². The highest BCUT2D eigenvalue weighted by Crippen LogP contribution is 2.34. The van der Waals surface area contributed by atoms with E-state index in [1.54, 1.807) is 10.6 Å². The normalized spacial score (nSPS) is 14.5. The lowest BCUT2D eigenvalue weighted by Crippen LogP contribution is -2.05. The zero-order chi connectivity index (χ0) is 20.4. The third-order valence-corrected chi connectivity index (χ3v) is 5.18. The van der Waals surface area contributed by atoms with Crippen LogP contribution in [0.5, 0.6) is 0 Å². The molecule has 0 atom stereocenters. The summed E-state index contributed by atoms with van der Waals surface area (Å²) in [7, 11) is 0. The average Bonchev–Trinajstić information content (AvgIpc) is 3.39. The van der Waals surface area contributed by atoms with Crippen LogP contribution in [0.25, 0.3) is 5.78 Å². The summed E-state index contributed by atoms with van der Waals surface area (Å²) in [6.45, 7) is 1.85. The monoisotopic (exact) mass is 403 g/mol. The molecule has 0 radical (unpaired) electrons. The molecule has 0 unspecified atom stereocenters. The number of hydrogen-bond acceptors (Lipinski definition) is 4. The van der Waals surface area contributed by atoms with E-state index in [1.165, 1.54) is 44.2 Å². The molecule has 1 fully saturated rings. The van der Waals surface area contributed by atoms with E-state index in [4.69, 9.17) is 0 Å². The molecule has 1 aromatic carbocycles. The molecule has 2 aromatic heterocycles. The van der Waals surface area contributed by atoms with Crippen LogP contribution in [0.4, 0.5) is 24.7 Å². The van der Waals surface area contributed by atoms with Crippen LogP contribution >= 0.6 is 0 Å². The summed E-state index contributed by atoms with van der Waals surface area (Å²) in [4.78, 5) is 8.94. The lowest BCUT2D eigenvalue weighted by atomic mass is 10.1. The van der Waals surface area contributed by atoms with Gasteiger partial charge in [0.1, 0.15) is 5.82 Å². The zero-order valence-corrected chi connectivity index (χ0v) is 16.3. The Labute approximate surface area is 167 Å². The Morgan fingerprint density at radius 3 is 2.52 bits per heavy atom. The Balaban J connectivity index is 1.45. The summed E-state index contributed by atoms with van der Waals surface area (Å²) in [5.41, 5.74) is 0.626. The van der Waals surface area contributed by atoms with E-state index in [-0.39, 0.29) is 0 Å². The minimum atomic E-state index is -4.35. The predicted molar refractivity (Wildman–Crippen MR) is 105 cm³/mol. The first-order chi connectivity index (χ1) is 13.9. The van der Waals surface area contributed by atoms with Gasteiger partial charge in [0.25, 0.3) is 5.78 Å². The Hall–Kier alpha value is -2.64. The van der Waals surface area contributed by atoms with Gasteiger partial charge in [0, 0.05) is 23.9 Å². The van der Waals surface area contributed by atoms with Gasteiger partial charge in [0.15, 0.2) is 5.82 Å². The molecule has 29 heavy (non-hydrogen) atoms. The number of aryl methyl sites for hydroxylation is 2. The maximum atomic E-state index is 12.8. The molecule has 1 saturated carbocycles. The van der Waals surface area contributed by atoms with E-state index in [0.717, 1.165) is 42.4 Å². The predicted octanol–water partition coefficient (Wildman–Crippen LogP) is 5.71. The number of halogens is 3. The maximum absolute atomic E-state index is 12.8. The second-order valence-electron chi connectivity index (χ2n) is 7.77. The summed E-state index contributed by atoms with van der Waals surface area (Å²) in [6, 6.07) is 6.73. The van der Waals surface area contributed by atoms with E-state index in [1.807, 2.05) is 6.92 Å². The molecule has 154 valence electrons. The van der Waals surface area contributed by atoms with Crippen LogP contribution in [0, 0.1) is 12.8 Å². The van der Waals surface area contributed by atoms with Crippen LogP contribution in [-0.4, -0.2) is 19.6 Å². The van der Waals surface area contributed by atoms with Gasteiger partial charge in [-0.15, -0.1) is 5.10 Å². The molecule has 0 aliphatic heterocycles. The Morgan fingerprint density at radius 1 is 1.07 bits per heavy atom. The van der Waals surface area contributed by atoms with Gasteiger partial charge in [-0.2, -0.15) is 22.7 Å². The van der Waals surface area contributed by atoms with Gasteiger partial charge in [-0.05, 0) is 43.5 Å². The quantitative estimate of drug-likeness (QED) is 0.490. The number of anilines is 2. The van der Waals surface area contributed by atoms with E-state index >= 15 is 0 Å². The fraction of sp³-hybridized carbons (Fsp3) is 0.476. The zero-order valence-electron chi connectivity index (χ0n) is 16.3. The van der Waals surface area contributed by atoms with Crippen LogP contribution in [0.3, 0.4) is 0 Å². The van der Waals surface area contributed by atoms with Crippen molar-refractivity contribution >= 4 is 17.3 Å². The Kier molecular flexibility index (Phi) is 5.43. The van der Waals surface area contributed by atoms with Gasteiger partial charge in [0.2, 0.25) is 0 Å². The first-order valence-electron chi connectivity index (χ1n) is 10.1. The van der Waals surface area contributed by atoms with Crippen molar-refractivity contribution in [3.63, 3.8) is 0 Å². The average molecular weight is 403 g/mol. The Bertz CT molecular complexity index is 974. The first-order valence-corrected chi connectivity index (χ1v) is 10.1. The van der Waals surface area contributed by atoms with Crippen LogP contribution in [-0.2, 0) is 12.6 Å². The smallest absolute Gasteiger partial charge is 0.340 e. The number of rotatable bonds is 8. The number of alkyl halides is 3. The first kappa shape index (κ1) is 19.7. The van der Waals surface area contributed by atoms with E-state index in [9.17, 15) is 13.2 Å². The molecule has 1 aliphatic rings. The molecule has 0 amide bonds. The molecule has 0 bridgehead atoms. The van der Waals surface area contributed by atoms with Crippen molar-refractivity contribution in [2.24, 2.45) is 5.92 Å². The van der Waals surface area contributed by atoms with Gasteiger partial charge in [-0.1, -0.05) is 32.1 Å². The van der Waals surface area contributed by atoms with Crippen LogP contribution in [0.1, 0.15) is 55.6 Å². The van der Waals surface area contributed by atoms with Gasteiger partial charge in [-0.3, -0.25) is 0 Å². The van der Waals surface area contributed by atoms with Crippen molar-refractivity contribution in [3.8, 4) is 0 Å². The largest absolute Gasteiger partial charge is 0.416 e. The molecule has 8 heteroatoms. The fourth-order valence-electron chi connectivity index (χ4n) is 3.41. The van der Waals surface area contributed by atoms with Crippen molar-refractivity contribution in [3.05, 3.63) is 47.4 Å². The van der Waals surface area contributed by atoms with Crippen molar-refractivity contribution in [1.29, 1.82) is 0 Å². The van der Waals surface area contributed by atoms with Gasteiger partial charge in [-0.25, -0.2) is 4.98 Å². The molecule has 5 nitrogen and oxygen atoms in total. The fourth-order valence-corrected chi connectivity index (χ4v) is 3.41. The van der Waals surface area contributed by atoms with Crippen LogP contribution in [0.15, 0.2) is 30.3 Å². The SMILES string of the molecule is Cc1cc(Nc2ccc(C(F)(F)F)cc2)n2nc(CCCCCC3CC3)nc2n1. The molecular formula is C21H24F3N5. The topological polar surface area (TPSA) is 55.1 Å². The highest BCUT2D eigenvalue weighted by atomic mass is 19.4. The lowest BCUT2D eigenvalue weighted by molar-refractivity contribution is -0.137. The summed E-state index contributed by atoms with van der Waals surface area (Å²) in [5, 5.41) is 7.68. The molecule has 1 N–H and O–H groups in total. The van der Waals surface area contributed by atoms with Gasteiger partial charge >= 0.3 is 6.18 Å². The van der Waals surface area contributed by atoms with Crippen molar-refractivity contribution < 1.29 is 13.2 Å². The van der Waals surface area contributed by atoms with Gasteiger partial charge < -0.3 is 5.32 Å². The number of unbranched alkanes of at least 4 members (excludes halogenated alkanes) is 2. The maximum Gasteiger partial charge on any atom is 0.416 e. The summed E-state index contributed by atoms with van der Waals surface area (Å²) in [5.74, 6) is 2.83. The van der Waals surface area contributed by atoms with Crippen molar-refractivity contribution in [1.82, 2.24) is 19.6 Å². The van der Waals surface area contributed by atoms with Gasteiger partial charge in [0.05, 0.1) is 5.56 Å². The third kappa shape index (κ3) is 5.05. The van der Waals surface area contributed by atoms with Crippen molar-refractivity contribution in [2.75, 3.05) is 5.32 Å². The number of aromatic nitrogens is 4. The molecule has 3 aromatic rings. The second-order valence-corrected chi connectivity index (χ2v) is 7.77. The minimum Gasteiger partial charge on any atom is -0.340 e. The van der Waals surface area contributed by atoms with E-state index < -0.39 is 11.7 Å². The molecule has 2 heterocycles.